The van der Waals surface area contributed by atoms with Gasteiger partial charge in [0, 0.05) is 5.56 Å². The highest BCUT2D eigenvalue weighted by atomic mass is 16.4. The number of aldehydes is 1. The lowest BCUT2D eigenvalue weighted by Gasteiger charge is -2.16. The maximum Gasteiger partial charge on any atom is 0.303 e. The molecule has 2 rings (SSSR count). The summed E-state index contributed by atoms with van der Waals surface area (Å²) < 4.78 is 0. The highest BCUT2D eigenvalue weighted by Crippen LogP contribution is 2.45. The Morgan fingerprint density at radius 1 is 1.47 bits per heavy atom. The number of aromatic hydroxyl groups is 1. The minimum absolute atomic E-state index is 0.00889. The fourth-order valence-corrected chi connectivity index (χ4v) is 2.21. The molecule has 0 spiro atoms. The van der Waals surface area contributed by atoms with Gasteiger partial charge < -0.3 is 10.2 Å². The lowest BCUT2D eigenvalue weighted by molar-refractivity contribution is -0.137. The number of aliphatic carboxylic acids is 1. The van der Waals surface area contributed by atoms with Crippen molar-refractivity contribution in [3.05, 3.63) is 29.3 Å². The van der Waals surface area contributed by atoms with Gasteiger partial charge in [0.25, 0.3) is 0 Å². The van der Waals surface area contributed by atoms with Crippen LogP contribution in [0.25, 0.3) is 0 Å². The molecule has 1 aliphatic rings. The summed E-state index contributed by atoms with van der Waals surface area (Å²) >= 11 is 0. The quantitative estimate of drug-likeness (QED) is 0.766. The van der Waals surface area contributed by atoms with Gasteiger partial charge in [-0.2, -0.15) is 0 Å². The van der Waals surface area contributed by atoms with E-state index in [0.29, 0.717) is 23.3 Å². The smallest absolute Gasteiger partial charge is 0.303 e. The van der Waals surface area contributed by atoms with Gasteiger partial charge in [-0.1, -0.05) is 0 Å². The lowest BCUT2D eigenvalue weighted by atomic mass is 9.88. The van der Waals surface area contributed by atoms with Gasteiger partial charge >= 0.3 is 5.97 Å². The first kappa shape index (κ1) is 11.6. The lowest BCUT2D eigenvalue weighted by Crippen LogP contribution is -2.10. The molecule has 1 saturated carbocycles. The molecule has 4 nitrogen and oxygen atoms in total. The first-order chi connectivity index (χ1) is 8.11. The number of phenolic OH excluding ortho intramolecular Hbond substituents is 1. The summed E-state index contributed by atoms with van der Waals surface area (Å²) in [5.41, 5.74) is 1.13. The summed E-state index contributed by atoms with van der Waals surface area (Å²) in [4.78, 5) is 21.8. The van der Waals surface area contributed by atoms with Crippen molar-refractivity contribution in [2.45, 2.75) is 25.2 Å². The number of carboxylic acids is 1. The summed E-state index contributed by atoms with van der Waals surface area (Å²) in [6, 6.07) is 4.49. The molecule has 90 valence electrons. The monoisotopic (exact) mass is 234 g/mol. The third-order valence-corrected chi connectivity index (χ3v) is 3.18. The van der Waals surface area contributed by atoms with Crippen LogP contribution in [0.5, 0.6) is 5.75 Å². The average molecular weight is 234 g/mol. The van der Waals surface area contributed by atoms with Crippen molar-refractivity contribution in [3.8, 4) is 5.75 Å². The van der Waals surface area contributed by atoms with Crippen molar-refractivity contribution in [1.29, 1.82) is 0 Å². The van der Waals surface area contributed by atoms with E-state index in [-0.39, 0.29) is 18.1 Å². The maximum absolute atomic E-state index is 10.9. The van der Waals surface area contributed by atoms with Crippen molar-refractivity contribution < 1.29 is 19.8 Å². The Balaban J connectivity index is 2.36. The molecule has 2 N–H and O–H groups in total. The highest BCUT2D eigenvalue weighted by molar-refractivity contribution is 5.79. The molecule has 0 amide bonds. The molecule has 1 aliphatic carbocycles. The number of carbonyl (C=O) groups excluding carboxylic acids is 1. The van der Waals surface area contributed by atoms with E-state index in [1.165, 1.54) is 18.2 Å². The molecule has 4 heteroatoms. The third-order valence-electron chi connectivity index (χ3n) is 3.18. The van der Waals surface area contributed by atoms with Crippen molar-refractivity contribution in [2.75, 3.05) is 0 Å². The molecule has 17 heavy (non-hydrogen) atoms. The Kier molecular flexibility index (Phi) is 3.13. The van der Waals surface area contributed by atoms with Gasteiger partial charge in [-0.25, -0.2) is 0 Å². The van der Waals surface area contributed by atoms with E-state index < -0.39 is 5.97 Å². The van der Waals surface area contributed by atoms with Crippen LogP contribution < -0.4 is 0 Å². The van der Waals surface area contributed by atoms with Gasteiger partial charge in [0.1, 0.15) is 12.0 Å². The molecule has 0 bridgehead atoms. The van der Waals surface area contributed by atoms with Crippen LogP contribution in [0.4, 0.5) is 0 Å². The minimum atomic E-state index is -0.873. The predicted molar refractivity (Wildman–Crippen MR) is 61.2 cm³/mol. The van der Waals surface area contributed by atoms with Crippen molar-refractivity contribution in [3.63, 3.8) is 0 Å². The van der Waals surface area contributed by atoms with Crippen molar-refractivity contribution in [2.24, 2.45) is 5.92 Å². The molecule has 0 aromatic heterocycles. The molecular weight excluding hydrogens is 220 g/mol. The molecule has 1 aromatic carbocycles. The summed E-state index contributed by atoms with van der Waals surface area (Å²) in [7, 11) is 0. The van der Waals surface area contributed by atoms with Gasteiger partial charge in [0.2, 0.25) is 0 Å². The Labute approximate surface area is 98.9 Å². The summed E-state index contributed by atoms with van der Waals surface area (Å²) in [5, 5.41) is 18.4. The van der Waals surface area contributed by atoms with E-state index in [0.717, 1.165) is 12.8 Å². The van der Waals surface area contributed by atoms with E-state index >= 15 is 0 Å². The standard InChI is InChI=1S/C13H14O4/c14-7-9-3-4-10(15)5-11(9)12(6-13(16)17)8-1-2-8/h3-5,7-8,12,15H,1-2,6H2,(H,16,17). The Morgan fingerprint density at radius 3 is 2.71 bits per heavy atom. The van der Waals surface area contributed by atoms with Crippen LogP contribution in [0.2, 0.25) is 0 Å². The second-order valence-corrected chi connectivity index (χ2v) is 4.47. The Bertz CT molecular complexity index is 449. The largest absolute Gasteiger partial charge is 0.508 e. The van der Waals surface area contributed by atoms with Crippen LogP contribution >= 0.6 is 0 Å². The number of benzene rings is 1. The third kappa shape index (κ3) is 2.64. The first-order valence-corrected chi connectivity index (χ1v) is 5.61. The number of phenols is 1. The topological polar surface area (TPSA) is 74.6 Å². The zero-order valence-corrected chi connectivity index (χ0v) is 9.30. The Morgan fingerprint density at radius 2 is 2.18 bits per heavy atom. The zero-order valence-electron chi connectivity index (χ0n) is 9.30. The van der Waals surface area contributed by atoms with Crippen molar-refractivity contribution >= 4 is 12.3 Å². The molecule has 0 radical (unpaired) electrons. The van der Waals surface area contributed by atoms with Crippen LogP contribution in [0.15, 0.2) is 18.2 Å². The Hall–Kier alpha value is -1.84. The molecule has 0 heterocycles. The van der Waals surface area contributed by atoms with E-state index in [4.69, 9.17) is 5.11 Å². The van der Waals surface area contributed by atoms with E-state index in [1.54, 1.807) is 0 Å². The van der Waals surface area contributed by atoms with E-state index in [2.05, 4.69) is 0 Å². The molecule has 0 aliphatic heterocycles. The minimum Gasteiger partial charge on any atom is -0.508 e. The van der Waals surface area contributed by atoms with E-state index in [9.17, 15) is 14.7 Å². The summed E-state index contributed by atoms with van der Waals surface area (Å²) in [6.45, 7) is 0. The van der Waals surface area contributed by atoms with Gasteiger partial charge in [0.15, 0.2) is 0 Å². The highest BCUT2D eigenvalue weighted by Gasteiger charge is 2.35. The number of carbonyl (C=O) groups is 2. The van der Waals surface area contributed by atoms with Gasteiger partial charge in [-0.3, -0.25) is 9.59 Å². The molecule has 0 saturated heterocycles. The first-order valence-electron chi connectivity index (χ1n) is 5.61. The number of hydrogen-bond donors (Lipinski definition) is 2. The van der Waals surface area contributed by atoms with E-state index in [1.807, 2.05) is 0 Å². The van der Waals surface area contributed by atoms with Crippen LogP contribution in [0.3, 0.4) is 0 Å². The summed E-state index contributed by atoms with van der Waals surface area (Å²) in [5.74, 6) is -0.643. The summed E-state index contributed by atoms with van der Waals surface area (Å²) in [6.07, 6.45) is 2.71. The second kappa shape index (κ2) is 4.57. The predicted octanol–water partition coefficient (Wildman–Crippen LogP) is 2.17. The molecule has 1 atom stereocenters. The average Bonchev–Trinajstić information content (AvgIpc) is 3.09. The number of carboxylic acid groups (broad SMARTS) is 1. The van der Waals surface area contributed by atoms with Crippen LogP contribution in [-0.2, 0) is 4.79 Å². The number of hydrogen-bond acceptors (Lipinski definition) is 3. The van der Waals surface area contributed by atoms with Crippen molar-refractivity contribution in [1.82, 2.24) is 0 Å². The number of rotatable bonds is 5. The van der Waals surface area contributed by atoms with Gasteiger partial charge in [0.05, 0.1) is 6.42 Å². The van der Waals surface area contributed by atoms with Crippen LogP contribution in [0.1, 0.15) is 41.1 Å². The van der Waals surface area contributed by atoms with Gasteiger partial charge in [-0.05, 0) is 48.4 Å². The fourth-order valence-electron chi connectivity index (χ4n) is 2.21. The normalized spacial score (nSPS) is 16.5. The molecular formula is C13H14O4. The van der Waals surface area contributed by atoms with Crippen LogP contribution in [0, 0.1) is 5.92 Å². The molecule has 1 fully saturated rings. The SMILES string of the molecule is O=Cc1ccc(O)cc1C(CC(=O)O)C1CC1. The fraction of sp³-hybridized carbons (Fsp3) is 0.385. The second-order valence-electron chi connectivity index (χ2n) is 4.47. The molecule has 1 aromatic rings. The zero-order chi connectivity index (χ0) is 12.4. The molecule has 1 unspecified atom stereocenters. The van der Waals surface area contributed by atoms with Crippen LogP contribution in [-0.4, -0.2) is 22.5 Å². The van der Waals surface area contributed by atoms with Gasteiger partial charge in [-0.15, -0.1) is 0 Å². The maximum atomic E-state index is 10.9.